The Hall–Kier alpha value is -0.340. The fourth-order valence-corrected chi connectivity index (χ4v) is 1.71. The van der Waals surface area contributed by atoms with Crippen molar-refractivity contribution in [1.29, 1.82) is 0 Å². The first kappa shape index (κ1) is 8.75. The quantitative estimate of drug-likeness (QED) is 0.520. The van der Waals surface area contributed by atoms with Gasteiger partial charge in [-0.25, -0.2) is 0 Å². The van der Waals surface area contributed by atoms with Gasteiger partial charge in [0.15, 0.2) is 0 Å². The second-order valence-corrected chi connectivity index (χ2v) is 3.99. The van der Waals surface area contributed by atoms with Crippen molar-refractivity contribution in [3.8, 4) is 0 Å². The van der Waals surface area contributed by atoms with Gasteiger partial charge in [0.2, 0.25) is 0 Å². The van der Waals surface area contributed by atoms with Crippen LogP contribution in [-0.4, -0.2) is 10.6 Å². The number of hydrogen-bond donors (Lipinski definition) is 0. The largest absolute Gasteiger partial charge is 0.118 e. The van der Waals surface area contributed by atoms with E-state index in [4.69, 9.17) is 12.2 Å². The second-order valence-electron chi connectivity index (χ2n) is 2.27. The van der Waals surface area contributed by atoms with Crippen molar-refractivity contribution < 1.29 is 0 Å². The van der Waals surface area contributed by atoms with Gasteiger partial charge < -0.3 is 0 Å². The molecule has 0 nitrogen and oxygen atoms in total. The molecule has 0 fully saturated rings. The summed E-state index contributed by atoms with van der Waals surface area (Å²) in [7, 11) is 0. The van der Waals surface area contributed by atoms with E-state index in [1.54, 1.807) is 17.1 Å². The van der Waals surface area contributed by atoms with Crippen molar-refractivity contribution in [3.05, 3.63) is 30.3 Å². The Balaban J connectivity index is 2.57. The lowest BCUT2D eigenvalue weighted by Crippen LogP contribution is -1.93. The molecule has 58 valence electrons. The Morgan fingerprint density at radius 2 is 2.00 bits per heavy atom. The summed E-state index contributed by atoms with van der Waals surface area (Å²) >= 11 is 6.61. The highest BCUT2D eigenvalue weighted by atomic mass is 32.2. The van der Waals surface area contributed by atoms with E-state index in [1.807, 2.05) is 18.2 Å². The molecule has 0 aliphatic heterocycles. The molecule has 0 spiro atoms. The second kappa shape index (κ2) is 4.52. The Labute approximate surface area is 77.0 Å². The van der Waals surface area contributed by atoms with Gasteiger partial charge in [0.1, 0.15) is 0 Å². The molecule has 0 aromatic heterocycles. The summed E-state index contributed by atoms with van der Waals surface area (Å²) in [5, 5.41) is 2.21. The van der Waals surface area contributed by atoms with Crippen LogP contribution in [0.1, 0.15) is 6.92 Å². The maximum atomic E-state index is 4.83. The summed E-state index contributed by atoms with van der Waals surface area (Å²) in [4.78, 5) is 1.28. The minimum absolute atomic E-state index is 0.424. The lowest BCUT2D eigenvalue weighted by molar-refractivity contribution is 1.34. The molecule has 1 aromatic carbocycles. The lowest BCUT2D eigenvalue weighted by Gasteiger charge is -2.02. The molecular formula is C9H10S2. The summed E-state index contributed by atoms with van der Waals surface area (Å²) in [5.74, 6) is 0. The maximum absolute atomic E-state index is 4.83. The maximum Gasteiger partial charge on any atom is 0.0349 e. The summed E-state index contributed by atoms with van der Waals surface area (Å²) in [6, 6.07) is 10.3. The normalized spacial score (nSPS) is 12.5. The molecule has 2 heteroatoms. The van der Waals surface area contributed by atoms with E-state index >= 15 is 0 Å². The number of rotatable bonds is 3. The van der Waals surface area contributed by atoms with Crippen LogP contribution in [0.3, 0.4) is 0 Å². The van der Waals surface area contributed by atoms with E-state index in [-0.39, 0.29) is 0 Å². The standard InChI is InChI=1S/C9H10S2/c1-8(7-10)11-9-5-3-2-4-6-9/h2-8H,1H3. The van der Waals surface area contributed by atoms with E-state index in [9.17, 15) is 0 Å². The highest BCUT2D eigenvalue weighted by Crippen LogP contribution is 2.21. The molecule has 11 heavy (non-hydrogen) atoms. The van der Waals surface area contributed by atoms with E-state index in [1.165, 1.54) is 4.90 Å². The molecule has 0 aliphatic carbocycles. The predicted molar refractivity (Wildman–Crippen MR) is 55.4 cm³/mol. The number of thiocarbonyl (C=S) groups is 1. The first-order valence-corrected chi connectivity index (χ1v) is 4.85. The average molecular weight is 182 g/mol. The van der Waals surface area contributed by atoms with Crippen LogP contribution in [0.5, 0.6) is 0 Å². The monoisotopic (exact) mass is 182 g/mol. The molecule has 0 aliphatic rings. The topological polar surface area (TPSA) is 0 Å². The number of hydrogen-bond acceptors (Lipinski definition) is 2. The minimum Gasteiger partial charge on any atom is -0.118 e. The summed E-state index contributed by atoms with van der Waals surface area (Å²) in [6.07, 6.45) is 0. The number of thioether (sulfide) groups is 1. The van der Waals surface area contributed by atoms with Crippen molar-refractivity contribution in [2.45, 2.75) is 17.1 Å². The predicted octanol–water partition coefficient (Wildman–Crippen LogP) is 3.17. The van der Waals surface area contributed by atoms with Gasteiger partial charge in [0, 0.05) is 10.1 Å². The van der Waals surface area contributed by atoms with Crippen LogP contribution in [-0.2, 0) is 0 Å². The minimum atomic E-state index is 0.424. The van der Waals surface area contributed by atoms with Gasteiger partial charge in [-0.1, -0.05) is 30.4 Å². The zero-order valence-corrected chi connectivity index (χ0v) is 7.99. The van der Waals surface area contributed by atoms with Crippen LogP contribution in [0.25, 0.3) is 0 Å². The van der Waals surface area contributed by atoms with E-state index in [0.29, 0.717) is 5.25 Å². The highest BCUT2D eigenvalue weighted by molar-refractivity contribution is 8.01. The molecule has 1 atom stereocenters. The molecule has 1 unspecified atom stereocenters. The van der Waals surface area contributed by atoms with Gasteiger partial charge in [-0.2, -0.15) is 0 Å². The fourth-order valence-electron chi connectivity index (χ4n) is 0.741. The Morgan fingerprint density at radius 3 is 2.55 bits per heavy atom. The van der Waals surface area contributed by atoms with Crippen LogP contribution >= 0.6 is 24.0 Å². The third-order valence-electron chi connectivity index (χ3n) is 1.26. The smallest absolute Gasteiger partial charge is 0.0349 e. The van der Waals surface area contributed by atoms with Gasteiger partial charge in [0.25, 0.3) is 0 Å². The third kappa shape index (κ3) is 3.04. The molecule has 0 bridgehead atoms. The molecule has 0 saturated carbocycles. The van der Waals surface area contributed by atoms with E-state index < -0.39 is 0 Å². The van der Waals surface area contributed by atoms with Crippen LogP contribution in [0.15, 0.2) is 35.2 Å². The third-order valence-corrected chi connectivity index (χ3v) is 2.89. The first-order chi connectivity index (χ1) is 5.33. The molecule has 0 saturated heterocycles. The van der Waals surface area contributed by atoms with Gasteiger partial charge in [-0.15, -0.1) is 11.8 Å². The van der Waals surface area contributed by atoms with Crippen molar-refractivity contribution in [2.24, 2.45) is 0 Å². The van der Waals surface area contributed by atoms with Gasteiger partial charge >= 0.3 is 0 Å². The van der Waals surface area contributed by atoms with Gasteiger partial charge in [0.05, 0.1) is 0 Å². The summed E-state index contributed by atoms with van der Waals surface area (Å²) < 4.78 is 0. The summed E-state index contributed by atoms with van der Waals surface area (Å²) in [6.45, 7) is 2.10. The highest BCUT2D eigenvalue weighted by Gasteiger charge is 1.97. The van der Waals surface area contributed by atoms with Crippen LogP contribution in [0.2, 0.25) is 0 Å². The van der Waals surface area contributed by atoms with E-state index in [0.717, 1.165) is 0 Å². The molecule has 0 radical (unpaired) electrons. The zero-order valence-electron chi connectivity index (χ0n) is 6.36. The van der Waals surface area contributed by atoms with Crippen molar-refractivity contribution >= 4 is 29.3 Å². The number of benzene rings is 1. The van der Waals surface area contributed by atoms with E-state index in [2.05, 4.69) is 19.1 Å². The lowest BCUT2D eigenvalue weighted by atomic mass is 10.4. The van der Waals surface area contributed by atoms with Crippen LogP contribution in [0.4, 0.5) is 0 Å². The molecular weight excluding hydrogens is 172 g/mol. The molecule has 0 amide bonds. The average Bonchev–Trinajstić information content (AvgIpc) is 2.06. The zero-order chi connectivity index (χ0) is 8.10. The molecule has 1 aromatic rings. The first-order valence-electron chi connectivity index (χ1n) is 3.50. The summed E-state index contributed by atoms with van der Waals surface area (Å²) in [5.41, 5.74) is 0. The Morgan fingerprint density at radius 1 is 1.36 bits per heavy atom. The van der Waals surface area contributed by atoms with Gasteiger partial charge in [-0.05, 0) is 24.4 Å². The SMILES string of the molecule is CC(C=S)Sc1ccccc1. The van der Waals surface area contributed by atoms with Crippen molar-refractivity contribution in [3.63, 3.8) is 0 Å². The van der Waals surface area contributed by atoms with Crippen molar-refractivity contribution in [2.75, 3.05) is 0 Å². The molecule has 0 heterocycles. The van der Waals surface area contributed by atoms with Crippen LogP contribution in [0, 0.1) is 0 Å². The molecule has 0 N–H and O–H groups in total. The Bertz CT molecular complexity index is 218. The molecule has 1 rings (SSSR count). The van der Waals surface area contributed by atoms with Crippen molar-refractivity contribution in [1.82, 2.24) is 0 Å². The Kier molecular flexibility index (Phi) is 3.60. The fraction of sp³-hybridized carbons (Fsp3) is 0.222. The van der Waals surface area contributed by atoms with Gasteiger partial charge in [-0.3, -0.25) is 0 Å². The van der Waals surface area contributed by atoms with Crippen LogP contribution < -0.4 is 0 Å².